The molecule has 0 saturated heterocycles. The highest BCUT2D eigenvalue weighted by Crippen LogP contribution is 2.37. The lowest BCUT2D eigenvalue weighted by Gasteiger charge is -2.19. The van der Waals surface area contributed by atoms with Crippen LogP contribution in [0.1, 0.15) is 13.8 Å². The van der Waals surface area contributed by atoms with Gasteiger partial charge in [-0.05, 0) is 26.0 Å². The average Bonchev–Trinajstić information content (AvgIpc) is 2.40. The summed E-state index contributed by atoms with van der Waals surface area (Å²) in [7, 11) is 0. The minimum absolute atomic E-state index is 0.822. The van der Waals surface area contributed by atoms with Crippen LogP contribution in [0, 0.1) is 0 Å². The maximum absolute atomic E-state index is 11.2. The number of thioether (sulfide) groups is 1. The summed E-state index contributed by atoms with van der Waals surface area (Å²) < 4.78 is -0.882. The minimum Gasteiger partial charge on any atom is -0.480 e. The van der Waals surface area contributed by atoms with Gasteiger partial charge in [0.15, 0.2) is 0 Å². The number of hydrogen-bond donors (Lipinski definition) is 1. The van der Waals surface area contributed by atoms with E-state index in [0.717, 1.165) is 16.2 Å². The summed E-state index contributed by atoms with van der Waals surface area (Å²) in [5.41, 5.74) is 1.81. The Balaban J connectivity index is 2.40. The molecule has 1 heterocycles. The molecule has 0 aliphatic carbocycles. The van der Waals surface area contributed by atoms with Crippen LogP contribution in [0.15, 0.2) is 53.6 Å². The SMILES string of the molecule is CC(C)(Sc1cccnc1-c1ccccc1)C(=O)O. The van der Waals surface area contributed by atoms with Crippen molar-refractivity contribution < 1.29 is 9.90 Å². The number of rotatable bonds is 4. The molecule has 1 aromatic heterocycles. The minimum atomic E-state index is -0.882. The molecule has 0 saturated carbocycles. The van der Waals surface area contributed by atoms with E-state index in [1.165, 1.54) is 11.8 Å². The number of carbonyl (C=O) groups is 1. The highest BCUT2D eigenvalue weighted by Gasteiger charge is 2.29. The summed E-state index contributed by atoms with van der Waals surface area (Å²) in [5, 5.41) is 9.22. The molecule has 0 aliphatic heterocycles. The molecule has 19 heavy (non-hydrogen) atoms. The lowest BCUT2D eigenvalue weighted by Crippen LogP contribution is -2.27. The highest BCUT2D eigenvalue weighted by atomic mass is 32.2. The van der Waals surface area contributed by atoms with Crippen LogP contribution in [-0.4, -0.2) is 20.8 Å². The Bertz CT molecular complexity index is 582. The Hall–Kier alpha value is -1.81. The smallest absolute Gasteiger partial charge is 0.319 e. The van der Waals surface area contributed by atoms with Crippen molar-refractivity contribution in [1.82, 2.24) is 4.98 Å². The van der Waals surface area contributed by atoms with E-state index in [1.54, 1.807) is 20.0 Å². The van der Waals surface area contributed by atoms with E-state index < -0.39 is 10.7 Å². The van der Waals surface area contributed by atoms with E-state index in [4.69, 9.17) is 0 Å². The number of carboxylic acid groups (broad SMARTS) is 1. The van der Waals surface area contributed by atoms with Gasteiger partial charge in [0, 0.05) is 16.7 Å². The van der Waals surface area contributed by atoms with Crippen LogP contribution >= 0.6 is 11.8 Å². The zero-order chi connectivity index (χ0) is 13.9. The first-order chi connectivity index (χ1) is 9.00. The third-order valence-corrected chi connectivity index (χ3v) is 3.93. The average molecular weight is 273 g/mol. The quantitative estimate of drug-likeness (QED) is 0.863. The third kappa shape index (κ3) is 3.15. The predicted molar refractivity (Wildman–Crippen MR) is 77.2 cm³/mol. The van der Waals surface area contributed by atoms with Gasteiger partial charge in [-0.25, -0.2) is 0 Å². The van der Waals surface area contributed by atoms with Crippen molar-refractivity contribution >= 4 is 17.7 Å². The van der Waals surface area contributed by atoms with Gasteiger partial charge in [-0.15, -0.1) is 11.8 Å². The zero-order valence-electron chi connectivity index (χ0n) is 10.8. The first kappa shape index (κ1) is 13.6. The van der Waals surface area contributed by atoms with Crippen LogP contribution in [0.3, 0.4) is 0 Å². The van der Waals surface area contributed by atoms with Crippen molar-refractivity contribution in [2.45, 2.75) is 23.5 Å². The lowest BCUT2D eigenvalue weighted by atomic mass is 10.1. The monoisotopic (exact) mass is 273 g/mol. The molecule has 1 N–H and O–H groups in total. The van der Waals surface area contributed by atoms with Crippen LogP contribution < -0.4 is 0 Å². The summed E-state index contributed by atoms with van der Waals surface area (Å²) in [6, 6.07) is 13.5. The predicted octanol–water partition coefficient (Wildman–Crippen LogP) is 3.70. The van der Waals surface area contributed by atoms with Crippen molar-refractivity contribution in [3.8, 4) is 11.3 Å². The molecule has 0 radical (unpaired) electrons. The Morgan fingerprint density at radius 2 is 1.84 bits per heavy atom. The number of benzene rings is 1. The van der Waals surface area contributed by atoms with Gasteiger partial charge in [0.05, 0.1) is 5.69 Å². The Morgan fingerprint density at radius 3 is 2.47 bits per heavy atom. The second-order valence-electron chi connectivity index (χ2n) is 4.63. The number of nitrogens with zero attached hydrogens (tertiary/aromatic N) is 1. The van der Waals surface area contributed by atoms with E-state index in [-0.39, 0.29) is 0 Å². The van der Waals surface area contributed by atoms with Crippen LogP contribution in [0.4, 0.5) is 0 Å². The molecule has 2 aromatic rings. The van der Waals surface area contributed by atoms with E-state index in [0.29, 0.717) is 0 Å². The maximum Gasteiger partial charge on any atom is 0.319 e. The summed E-state index contributed by atoms with van der Waals surface area (Å²) in [6.07, 6.45) is 1.72. The van der Waals surface area contributed by atoms with Gasteiger partial charge in [0.1, 0.15) is 4.75 Å². The molecular weight excluding hydrogens is 258 g/mol. The van der Waals surface area contributed by atoms with Crippen LogP contribution in [0.5, 0.6) is 0 Å². The first-order valence-corrected chi connectivity index (χ1v) is 6.75. The van der Waals surface area contributed by atoms with E-state index >= 15 is 0 Å². The van der Waals surface area contributed by atoms with Gasteiger partial charge in [-0.3, -0.25) is 9.78 Å². The second-order valence-corrected chi connectivity index (χ2v) is 6.30. The maximum atomic E-state index is 11.2. The van der Waals surface area contributed by atoms with E-state index in [2.05, 4.69) is 4.98 Å². The second kappa shape index (κ2) is 5.45. The van der Waals surface area contributed by atoms with Crippen molar-refractivity contribution in [3.63, 3.8) is 0 Å². The standard InChI is InChI=1S/C15H15NO2S/c1-15(2,14(17)18)19-12-9-6-10-16-13(12)11-7-4-3-5-8-11/h3-10H,1-2H3,(H,17,18). The fraction of sp³-hybridized carbons (Fsp3) is 0.200. The first-order valence-electron chi connectivity index (χ1n) is 5.93. The summed E-state index contributed by atoms with van der Waals surface area (Å²) in [5.74, 6) is -0.833. The molecule has 2 rings (SSSR count). The van der Waals surface area contributed by atoms with Gasteiger partial charge in [0.2, 0.25) is 0 Å². The summed E-state index contributed by atoms with van der Waals surface area (Å²) >= 11 is 1.31. The zero-order valence-corrected chi connectivity index (χ0v) is 11.6. The van der Waals surface area contributed by atoms with Gasteiger partial charge < -0.3 is 5.11 Å². The van der Waals surface area contributed by atoms with Crippen molar-refractivity contribution in [2.24, 2.45) is 0 Å². The number of aromatic nitrogens is 1. The van der Waals surface area contributed by atoms with Gasteiger partial charge in [-0.1, -0.05) is 30.3 Å². The molecule has 0 amide bonds. The van der Waals surface area contributed by atoms with Crippen molar-refractivity contribution in [1.29, 1.82) is 0 Å². The molecule has 0 atom stereocenters. The lowest BCUT2D eigenvalue weighted by molar-refractivity contribution is -0.138. The van der Waals surface area contributed by atoms with Gasteiger partial charge in [0.25, 0.3) is 0 Å². The number of pyridine rings is 1. The van der Waals surface area contributed by atoms with Crippen LogP contribution in [0.2, 0.25) is 0 Å². The normalized spacial score (nSPS) is 11.3. The fourth-order valence-corrected chi connectivity index (χ4v) is 2.66. The van der Waals surface area contributed by atoms with Crippen LogP contribution in [-0.2, 0) is 4.79 Å². The van der Waals surface area contributed by atoms with E-state index in [1.807, 2.05) is 42.5 Å². The molecule has 0 aliphatic rings. The summed E-state index contributed by atoms with van der Waals surface area (Å²) in [4.78, 5) is 16.5. The van der Waals surface area contributed by atoms with Crippen LogP contribution in [0.25, 0.3) is 11.3 Å². The largest absolute Gasteiger partial charge is 0.480 e. The highest BCUT2D eigenvalue weighted by molar-refractivity contribution is 8.01. The molecule has 0 spiro atoms. The fourth-order valence-electron chi connectivity index (χ4n) is 1.60. The number of aliphatic carboxylic acids is 1. The number of hydrogen-bond acceptors (Lipinski definition) is 3. The van der Waals surface area contributed by atoms with E-state index in [9.17, 15) is 9.90 Å². The van der Waals surface area contributed by atoms with Gasteiger partial charge in [-0.2, -0.15) is 0 Å². The number of carboxylic acids is 1. The molecule has 4 heteroatoms. The summed E-state index contributed by atoms with van der Waals surface area (Å²) in [6.45, 7) is 3.39. The molecule has 98 valence electrons. The Kier molecular flexibility index (Phi) is 3.90. The van der Waals surface area contributed by atoms with Crippen molar-refractivity contribution in [2.75, 3.05) is 0 Å². The molecule has 0 bridgehead atoms. The third-order valence-electron chi connectivity index (χ3n) is 2.70. The van der Waals surface area contributed by atoms with Crippen molar-refractivity contribution in [3.05, 3.63) is 48.7 Å². The molecule has 0 fully saturated rings. The molecule has 1 aromatic carbocycles. The molecule has 0 unspecified atom stereocenters. The Morgan fingerprint density at radius 1 is 1.16 bits per heavy atom. The topological polar surface area (TPSA) is 50.2 Å². The Labute approximate surface area is 116 Å². The van der Waals surface area contributed by atoms with Gasteiger partial charge >= 0.3 is 5.97 Å². The molecule has 3 nitrogen and oxygen atoms in total. The molecular formula is C15H15NO2S.